The SMILES string of the molecule is COC(=O)c1c(NC(=O)CCCOc2ccc(C)cc2)sc2c1[C@@H](C(=O)OC)CC2. The monoisotopic (exact) mass is 431 g/mol. The van der Waals surface area contributed by atoms with E-state index in [9.17, 15) is 14.4 Å². The molecular formula is C22H25NO6S. The molecule has 0 radical (unpaired) electrons. The van der Waals surface area contributed by atoms with Crippen LogP contribution < -0.4 is 10.1 Å². The molecule has 30 heavy (non-hydrogen) atoms. The summed E-state index contributed by atoms with van der Waals surface area (Å²) >= 11 is 1.32. The van der Waals surface area contributed by atoms with Crippen molar-refractivity contribution in [2.45, 2.75) is 38.5 Å². The molecule has 0 bridgehead atoms. The van der Waals surface area contributed by atoms with Crippen molar-refractivity contribution in [1.82, 2.24) is 0 Å². The van der Waals surface area contributed by atoms with Crippen molar-refractivity contribution in [3.63, 3.8) is 0 Å². The standard InChI is InChI=1S/C22H25NO6S/c1-13-6-8-14(9-7-13)29-12-4-5-17(24)23-20-19(22(26)28-3)18-15(21(25)27-2)10-11-16(18)30-20/h6-9,15H,4-5,10-12H2,1-3H3,(H,23,24)/t15-/m0/s1. The van der Waals surface area contributed by atoms with E-state index < -0.39 is 11.9 Å². The van der Waals surface area contributed by atoms with Gasteiger partial charge >= 0.3 is 11.9 Å². The van der Waals surface area contributed by atoms with Crippen molar-refractivity contribution >= 4 is 34.2 Å². The van der Waals surface area contributed by atoms with Crippen LogP contribution in [0.15, 0.2) is 24.3 Å². The second-order valence-electron chi connectivity index (χ2n) is 7.06. The maximum atomic E-state index is 12.4. The van der Waals surface area contributed by atoms with Crippen molar-refractivity contribution in [3.05, 3.63) is 45.8 Å². The summed E-state index contributed by atoms with van der Waals surface area (Å²) in [4.78, 5) is 37.8. The highest BCUT2D eigenvalue weighted by Crippen LogP contribution is 2.45. The molecule has 7 nitrogen and oxygen atoms in total. The van der Waals surface area contributed by atoms with Crippen LogP contribution in [0.2, 0.25) is 0 Å². The van der Waals surface area contributed by atoms with Crippen LogP contribution in [0.5, 0.6) is 5.75 Å². The molecule has 8 heteroatoms. The lowest BCUT2D eigenvalue weighted by molar-refractivity contribution is -0.142. The molecule has 1 N–H and O–H groups in total. The summed E-state index contributed by atoms with van der Waals surface area (Å²) in [5.41, 5.74) is 2.03. The number of nitrogens with one attached hydrogen (secondary N) is 1. The van der Waals surface area contributed by atoms with Crippen molar-refractivity contribution in [2.75, 3.05) is 26.1 Å². The first-order chi connectivity index (χ1) is 14.4. The van der Waals surface area contributed by atoms with Crippen LogP contribution in [0, 0.1) is 6.92 Å². The minimum absolute atomic E-state index is 0.220. The smallest absolute Gasteiger partial charge is 0.341 e. The molecule has 1 amide bonds. The Hall–Kier alpha value is -2.87. The zero-order chi connectivity index (χ0) is 21.7. The lowest BCUT2D eigenvalue weighted by Gasteiger charge is -2.12. The molecular weight excluding hydrogens is 406 g/mol. The van der Waals surface area contributed by atoms with Gasteiger partial charge in [-0.05, 0) is 43.9 Å². The number of esters is 2. The molecule has 1 aliphatic carbocycles. The molecule has 1 aromatic heterocycles. The van der Waals surface area contributed by atoms with E-state index in [-0.39, 0.29) is 23.9 Å². The van der Waals surface area contributed by atoms with E-state index in [1.807, 2.05) is 31.2 Å². The van der Waals surface area contributed by atoms with Crippen LogP contribution in [0.25, 0.3) is 0 Å². The maximum absolute atomic E-state index is 12.4. The van der Waals surface area contributed by atoms with Crippen LogP contribution in [0.1, 0.15) is 51.5 Å². The summed E-state index contributed by atoms with van der Waals surface area (Å²) in [6.45, 7) is 2.41. The number of rotatable bonds is 8. The Balaban J connectivity index is 1.63. The largest absolute Gasteiger partial charge is 0.494 e. The predicted octanol–water partition coefficient (Wildman–Crippen LogP) is 3.84. The van der Waals surface area contributed by atoms with Gasteiger partial charge < -0.3 is 19.5 Å². The molecule has 1 atom stereocenters. The van der Waals surface area contributed by atoms with E-state index in [0.29, 0.717) is 36.4 Å². The Labute approximate surface area is 179 Å². The topological polar surface area (TPSA) is 90.9 Å². The maximum Gasteiger partial charge on any atom is 0.341 e. The zero-order valence-corrected chi connectivity index (χ0v) is 18.1. The first kappa shape index (κ1) is 21.8. The number of methoxy groups -OCH3 is 2. The minimum atomic E-state index is -0.568. The van der Waals surface area contributed by atoms with E-state index in [2.05, 4.69) is 5.32 Å². The summed E-state index contributed by atoms with van der Waals surface area (Å²) in [7, 11) is 2.61. The number of amides is 1. The van der Waals surface area contributed by atoms with Crippen molar-refractivity contribution in [1.29, 1.82) is 0 Å². The molecule has 0 spiro atoms. The predicted molar refractivity (Wildman–Crippen MR) is 113 cm³/mol. The molecule has 160 valence electrons. The van der Waals surface area contributed by atoms with Gasteiger partial charge in [-0.15, -0.1) is 11.3 Å². The average molecular weight is 432 g/mol. The first-order valence-electron chi connectivity index (χ1n) is 9.75. The summed E-state index contributed by atoms with van der Waals surface area (Å²) in [6.07, 6.45) is 2.02. The highest BCUT2D eigenvalue weighted by atomic mass is 32.1. The van der Waals surface area contributed by atoms with Crippen molar-refractivity contribution in [2.24, 2.45) is 0 Å². The number of thiophene rings is 1. The number of aryl methyl sites for hydroxylation is 2. The van der Waals surface area contributed by atoms with Gasteiger partial charge in [0.25, 0.3) is 0 Å². The van der Waals surface area contributed by atoms with Crippen molar-refractivity contribution < 1.29 is 28.6 Å². The molecule has 1 aliphatic rings. The Bertz CT molecular complexity index is 934. The normalized spacial score (nSPS) is 14.7. The van der Waals surface area contributed by atoms with Gasteiger partial charge in [-0.2, -0.15) is 0 Å². The number of anilines is 1. The zero-order valence-electron chi connectivity index (χ0n) is 17.3. The average Bonchev–Trinajstić information content (AvgIpc) is 3.30. The lowest BCUT2D eigenvalue weighted by Crippen LogP contribution is -2.18. The summed E-state index contributed by atoms with van der Waals surface area (Å²) in [6, 6.07) is 7.72. The Kier molecular flexibility index (Phi) is 7.10. The van der Waals surface area contributed by atoms with Gasteiger partial charge in [0.2, 0.25) is 5.91 Å². The van der Waals surface area contributed by atoms with E-state index in [1.165, 1.54) is 25.6 Å². The quantitative estimate of drug-likeness (QED) is 0.504. The Morgan fingerprint density at radius 2 is 1.87 bits per heavy atom. The summed E-state index contributed by atoms with van der Waals surface area (Å²) in [5, 5.41) is 3.23. The molecule has 0 saturated carbocycles. The number of hydrogen-bond donors (Lipinski definition) is 1. The van der Waals surface area contributed by atoms with Gasteiger partial charge in [-0.3, -0.25) is 9.59 Å². The second kappa shape index (κ2) is 9.75. The van der Waals surface area contributed by atoms with Crippen molar-refractivity contribution in [3.8, 4) is 5.75 Å². The highest BCUT2D eigenvalue weighted by Gasteiger charge is 2.38. The molecule has 2 aromatic rings. The van der Waals surface area contributed by atoms with Gasteiger partial charge in [-0.25, -0.2) is 4.79 Å². The summed E-state index contributed by atoms with van der Waals surface area (Å²) in [5.74, 6) is -0.923. The fourth-order valence-corrected chi connectivity index (χ4v) is 4.76. The van der Waals surface area contributed by atoms with Gasteiger partial charge in [-0.1, -0.05) is 17.7 Å². The Morgan fingerprint density at radius 3 is 2.53 bits per heavy atom. The third kappa shape index (κ3) is 4.81. The molecule has 0 saturated heterocycles. The Morgan fingerprint density at radius 1 is 1.13 bits per heavy atom. The minimum Gasteiger partial charge on any atom is -0.494 e. The molecule has 0 aliphatic heterocycles. The molecule has 0 unspecified atom stereocenters. The van der Waals surface area contributed by atoms with Gasteiger partial charge in [0.1, 0.15) is 10.8 Å². The van der Waals surface area contributed by atoms with E-state index in [4.69, 9.17) is 14.2 Å². The number of hydrogen-bond acceptors (Lipinski definition) is 7. The van der Waals surface area contributed by atoms with E-state index >= 15 is 0 Å². The fourth-order valence-electron chi connectivity index (χ4n) is 3.48. The second-order valence-corrected chi connectivity index (χ2v) is 8.17. The van der Waals surface area contributed by atoms with Crippen LogP contribution >= 0.6 is 11.3 Å². The number of carbonyl (C=O) groups excluding carboxylic acids is 3. The van der Waals surface area contributed by atoms with Gasteiger partial charge in [0.15, 0.2) is 0 Å². The molecule has 3 rings (SSSR count). The third-order valence-electron chi connectivity index (χ3n) is 5.00. The highest BCUT2D eigenvalue weighted by molar-refractivity contribution is 7.17. The van der Waals surface area contributed by atoms with Crippen LogP contribution in [-0.2, 0) is 25.5 Å². The molecule has 1 aromatic carbocycles. The molecule has 0 fully saturated rings. The van der Waals surface area contributed by atoms with Crippen LogP contribution in [0.3, 0.4) is 0 Å². The number of benzene rings is 1. The first-order valence-corrected chi connectivity index (χ1v) is 10.6. The summed E-state index contributed by atoms with van der Waals surface area (Å²) < 4.78 is 15.4. The van der Waals surface area contributed by atoms with Crippen LogP contribution in [-0.4, -0.2) is 38.7 Å². The molecule has 1 heterocycles. The van der Waals surface area contributed by atoms with E-state index in [0.717, 1.165) is 16.2 Å². The van der Waals surface area contributed by atoms with Gasteiger partial charge in [0, 0.05) is 11.3 Å². The third-order valence-corrected chi connectivity index (χ3v) is 6.18. The number of carbonyl (C=O) groups is 3. The van der Waals surface area contributed by atoms with E-state index in [1.54, 1.807) is 0 Å². The van der Waals surface area contributed by atoms with Crippen LogP contribution in [0.4, 0.5) is 5.00 Å². The van der Waals surface area contributed by atoms with Gasteiger partial charge in [0.05, 0.1) is 32.3 Å². The number of fused-ring (bicyclic) bond motifs is 1. The number of ether oxygens (including phenoxy) is 3. The fraction of sp³-hybridized carbons (Fsp3) is 0.409. The lowest BCUT2D eigenvalue weighted by atomic mass is 9.99.